The number of thiazole rings is 1. The van der Waals surface area contributed by atoms with Crippen LogP contribution < -0.4 is 5.32 Å². The van der Waals surface area contributed by atoms with Crippen molar-refractivity contribution < 1.29 is 4.79 Å². The van der Waals surface area contributed by atoms with Crippen LogP contribution in [0.15, 0.2) is 42.6 Å². The predicted molar refractivity (Wildman–Crippen MR) is 95.6 cm³/mol. The Bertz CT molecular complexity index is 774. The van der Waals surface area contributed by atoms with Crippen LogP contribution in [0.2, 0.25) is 0 Å². The molecular formula is C18H19N3OS. The van der Waals surface area contributed by atoms with Crippen molar-refractivity contribution in [3.8, 4) is 10.6 Å². The molecule has 1 N–H and O–H groups in total. The van der Waals surface area contributed by atoms with Gasteiger partial charge >= 0.3 is 0 Å². The van der Waals surface area contributed by atoms with Gasteiger partial charge in [0.15, 0.2) is 0 Å². The Balaban J connectivity index is 1.78. The van der Waals surface area contributed by atoms with Gasteiger partial charge in [-0.05, 0) is 49.2 Å². The second-order valence-electron chi connectivity index (χ2n) is 5.43. The number of carbonyl (C=O) groups is 1. The van der Waals surface area contributed by atoms with Gasteiger partial charge in [0.2, 0.25) is 5.91 Å². The SMILES string of the molecule is CCC(CC)C(=O)Nc1ccc(-c2nc3cccnc3s2)cc1. The lowest BCUT2D eigenvalue weighted by atomic mass is 10.0. The van der Waals surface area contributed by atoms with Crippen LogP contribution in [0.1, 0.15) is 26.7 Å². The number of nitrogens with zero attached hydrogens (tertiary/aromatic N) is 2. The van der Waals surface area contributed by atoms with E-state index in [1.807, 2.05) is 50.2 Å². The summed E-state index contributed by atoms with van der Waals surface area (Å²) in [6.07, 6.45) is 3.50. The number of carbonyl (C=O) groups excluding carboxylic acids is 1. The first-order chi connectivity index (χ1) is 11.2. The fourth-order valence-corrected chi connectivity index (χ4v) is 3.41. The van der Waals surface area contributed by atoms with E-state index in [4.69, 9.17) is 0 Å². The minimum Gasteiger partial charge on any atom is -0.326 e. The first kappa shape index (κ1) is 15.6. The molecule has 0 unspecified atom stereocenters. The molecule has 0 fully saturated rings. The normalized spacial score (nSPS) is 11.1. The molecule has 0 atom stereocenters. The number of nitrogens with one attached hydrogen (secondary N) is 1. The quantitative estimate of drug-likeness (QED) is 0.737. The molecule has 0 radical (unpaired) electrons. The molecule has 1 amide bonds. The summed E-state index contributed by atoms with van der Waals surface area (Å²) in [5.74, 6) is 0.164. The second-order valence-corrected chi connectivity index (χ2v) is 6.40. The monoisotopic (exact) mass is 325 g/mol. The molecule has 23 heavy (non-hydrogen) atoms. The lowest BCUT2D eigenvalue weighted by Crippen LogP contribution is -2.21. The number of aromatic nitrogens is 2. The van der Waals surface area contributed by atoms with E-state index >= 15 is 0 Å². The molecule has 118 valence electrons. The van der Waals surface area contributed by atoms with Crippen molar-refractivity contribution in [1.29, 1.82) is 0 Å². The highest BCUT2D eigenvalue weighted by Crippen LogP contribution is 2.29. The maximum Gasteiger partial charge on any atom is 0.227 e. The molecule has 2 heterocycles. The fourth-order valence-electron chi connectivity index (χ4n) is 2.49. The average molecular weight is 325 g/mol. The summed E-state index contributed by atoms with van der Waals surface area (Å²) < 4.78 is 0. The van der Waals surface area contributed by atoms with Crippen LogP contribution in [-0.4, -0.2) is 15.9 Å². The molecule has 0 saturated carbocycles. The maximum atomic E-state index is 12.1. The maximum absolute atomic E-state index is 12.1. The van der Waals surface area contributed by atoms with E-state index in [1.54, 1.807) is 17.5 Å². The third-order valence-electron chi connectivity index (χ3n) is 3.92. The van der Waals surface area contributed by atoms with Crippen molar-refractivity contribution >= 4 is 33.3 Å². The number of benzene rings is 1. The Hall–Kier alpha value is -2.27. The molecule has 0 aliphatic heterocycles. The zero-order valence-electron chi connectivity index (χ0n) is 13.2. The molecule has 0 spiro atoms. The van der Waals surface area contributed by atoms with Crippen LogP contribution in [-0.2, 0) is 4.79 Å². The molecule has 3 aromatic rings. The van der Waals surface area contributed by atoms with Gasteiger partial charge in [0.05, 0.1) is 0 Å². The number of anilines is 1. The molecular weight excluding hydrogens is 306 g/mol. The number of hydrogen-bond donors (Lipinski definition) is 1. The summed E-state index contributed by atoms with van der Waals surface area (Å²) in [6, 6.07) is 11.7. The van der Waals surface area contributed by atoms with Gasteiger partial charge in [-0.15, -0.1) is 0 Å². The van der Waals surface area contributed by atoms with Crippen LogP contribution in [0.4, 0.5) is 5.69 Å². The molecule has 0 bridgehead atoms. The van der Waals surface area contributed by atoms with E-state index in [0.717, 1.165) is 39.4 Å². The highest BCUT2D eigenvalue weighted by atomic mass is 32.1. The summed E-state index contributed by atoms with van der Waals surface area (Å²) in [4.78, 5) is 22.0. The molecule has 3 rings (SSSR count). The Kier molecular flexibility index (Phi) is 4.67. The molecule has 5 heteroatoms. The van der Waals surface area contributed by atoms with Crippen LogP contribution in [0.25, 0.3) is 20.9 Å². The molecule has 0 saturated heterocycles. The Morgan fingerprint density at radius 2 is 1.91 bits per heavy atom. The van der Waals surface area contributed by atoms with Gasteiger partial charge in [-0.25, -0.2) is 9.97 Å². The number of hydrogen-bond acceptors (Lipinski definition) is 4. The smallest absolute Gasteiger partial charge is 0.227 e. The standard InChI is InChI=1S/C18H19N3OS/c1-3-12(4-2)16(22)20-14-9-7-13(8-10-14)17-21-15-6-5-11-19-18(15)23-17/h5-12H,3-4H2,1-2H3,(H,20,22). The van der Waals surface area contributed by atoms with E-state index in [1.165, 1.54) is 0 Å². The van der Waals surface area contributed by atoms with Crippen molar-refractivity contribution in [3.05, 3.63) is 42.6 Å². The summed E-state index contributed by atoms with van der Waals surface area (Å²) in [6.45, 7) is 4.08. The van der Waals surface area contributed by atoms with Crippen molar-refractivity contribution in [1.82, 2.24) is 9.97 Å². The van der Waals surface area contributed by atoms with E-state index in [2.05, 4.69) is 15.3 Å². The van der Waals surface area contributed by atoms with Gasteiger partial charge in [0.25, 0.3) is 0 Å². The number of rotatable bonds is 5. The van der Waals surface area contributed by atoms with Gasteiger partial charge in [0, 0.05) is 23.4 Å². The van der Waals surface area contributed by atoms with E-state index < -0.39 is 0 Å². The average Bonchev–Trinajstić information content (AvgIpc) is 3.00. The largest absolute Gasteiger partial charge is 0.326 e. The fraction of sp³-hybridized carbons (Fsp3) is 0.278. The van der Waals surface area contributed by atoms with Gasteiger partial charge < -0.3 is 5.32 Å². The predicted octanol–water partition coefficient (Wildman–Crippen LogP) is 4.73. The van der Waals surface area contributed by atoms with E-state index in [9.17, 15) is 4.79 Å². The Morgan fingerprint density at radius 1 is 1.17 bits per heavy atom. The topological polar surface area (TPSA) is 54.9 Å². The second kappa shape index (κ2) is 6.87. The molecule has 4 nitrogen and oxygen atoms in total. The number of pyridine rings is 1. The molecule has 2 aromatic heterocycles. The van der Waals surface area contributed by atoms with Crippen molar-refractivity contribution in [3.63, 3.8) is 0 Å². The molecule has 0 aliphatic rings. The van der Waals surface area contributed by atoms with Crippen molar-refractivity contribution in [2.75, 3.05) is 5.32 Å². The number of amides is 1. The zero-order chi connectivity index (χ0) is 16.2. The van der Waals surface area contributed by atoms with Gasteiger partial charge in [-0.2, -0.15) is 0 Å². The van der Waals surface area contributed by atoms with Crippen LogP contribution in [0.5, 0.6) is 0 Å². The van der Waals surface area contributed by atoms with Crippen molar-refractivity contribution in [2.24, 2.45) is 5.92 Å². The first-order valence-corrected chi connectivity index (χ1v) is 8.65. The minimum atomic E-state index is 0.0741. The Labute approximate surface area is 139 Å². The zero-order valence-corrected chi connectivity index (χ0v) is 14.1. The van der Waals surface area contributed by atoms with Gasteiger partial charge in [0.1, 0.15) is 15.4 Å². The molecule has 0 aliphatic carbocycles. The van der Waals surface area contributed by atoms with Crippen LogP contribution in [0, 0.1) is 5.92 Å². The lowest BCUT2D eigenvalue weighted by Gasteiger charge is -2.12. The summed E-state index contributed by atoms with van der Waals surface area (Å²) in [5.41, 5.74) is 2.78. The van der Waals surface area contributed by atoms with Crippen molar-refractivity contribution in [2.45, 2.75) is 26.7 Å². The lowest BCUT2D eigenvalue weighted by molar-refractivity contribution is -0.120. The summed E-state index contributed by atoms with van der Waals surface area (Å²) >= 11 is 1.57. The van der Waals surface area contributed by atoms with E-state index in [0.29, 0.717) is 0 Å². The van der Waals surface area contributed by atoms with E-state index in [-0.39, 0.29) is 11.8 Å². The van der Waals surface area contributed by atoms with Gasteiger partial charge in [-0.3, -0.25) is 4.79 Å². The third-order valence-corrected chi connectivity index (χ3v) is 4.95. The minimum absolute atomic E-state index is 0.0741. The summed E-state index contributed by atoms with van der Waals surface area (Å²) in [5, 5.41) is 3.92. The Morgan fingerprint density at radius 3 is 2.57 bits per heavy atom. The highest BCUT2D eigenvalue weighted by Gasteiger charge is 2.14. The van der Waals surface area contributed by atoms with Crippen LogP contribution >= 0.6 is 11.3 Å². The third kappa shape index (κ3) is 3.40. The van der Waals surface area contributed by atoms with Gasteiger partial charge in [-0.1, -0.05) is 25.2 Å². The first-order valence-electron chi connectivity index (χ1n) is 7.84. The van der Waals surface area contributed by atoms with Crippen LogP contribution in [0.3, 0.4) is 0 Å². The molecule has 1 aromatic carbocycles. The highest BCUT2D eigenvalue weighted by molar-refractivity contribution is 7.21. The summed E-state index contributed by atoms with van der Waals surface area (Å²) in [7, 11) is 0. The number of fused-ring (bicyclic) bond motifs is 1.